The Balaban J connectivity index is 1.88. The third-order valence-corrected chi connectivity index (χ3v) is 4.22. The highest BCUT2D eigenvalue weighted by molar-refractivity contribution is 5.94. The smallest absolute Gasteiger partial charge is 0.251 e. The van der Waals surface area contributed by atoms with E-state index in [1.165, 1.54) is 12.5 Å². The summed E-state index contributed by atoms with van der Waals surface area (Å²) < 4.78 is 0. The van der Waals surface area contributed by atoms with Crippen LogP contribution in [0, 0.1) is 0 Å². The van der Waals surface area contributed by atoms with Gasteiger partial charge < -0.3 is 10.2 Å². The molecule has 0 fully saturated rings. The molecule has 0 bridgehead atoms. The van der Waals surface area contributed by atoms with E-state index in [4.69, 9.17) is 0 Å². The predicted octanol–water partition coefficient (Wildman–Crippen LogP) is 3.16. The van der Waals surface area contributed by atoms with E-state index in [1.807, 2.05) is 36.4 Å². The first-order chi connectivity index (χ1) is 12.3. The number of hydrogen-bond donors (Lipinski definition) is 1. The van der Waals surface area contributed by atoms with Crippen molar-refractivity contribution in [3.63, 3.8) is 0 Å². The fourth-order valence-electron chi connectivity index (χ4n) is 2.59. The van der Waals surface area contributed by atoms with Gasteiger partial charge in [-0.2, -0.15) is 0 Å². The molecule has 2 aromatic rings. The Kier molecular flexibility index (Phi) is 6.50. The third-order valence-electron chi connectivity index (χ3n) is 4.22. The molecule has 0 atom stereocenters. The van der Waals surface area contributed by atoms with Crippen LogP contribution < -0.4 is 5.32 Å². The van der Waals surface area contributed by atoms with Crippen molar-refractivity contribution < 1.29 is 9.59 Å². The first-order valence-electron chi connectivity index (χ1n) is 8.80. The average molecular weight is 353 g/mol. The largest absolute Gasteiger partial charge is 0.350 e. The van der Waals surface area contributed by atoms with Crippen LogP contribution in [-0.2, 0) is 16.8 Å². The van der Waals surface area contributed by atoms with Gasteiger partial charge in [0.2, 0.25) is 5.91 Å². The Labute approximate surface area is 155 Å². The molecule has 0 aliphatic carbocycles. The Morgan fingerprint density at radius 2 is 1.81 bits per heavy atom. The summed E-state index contributed by atoms with van der Waals surface area (Å²) in [5.74, 6) is -0.159. The quantitative estimate of drug-likeness (QED) is 0.868. The number of carbonyl (C=O) groups is 2. The van der Waals surface area contributed by atoms with Crippen LogP contribution in [0.3, 0.4) is 0 Å². The number of pyridine rings is 1. The molecule has 5 heteroatoms. The Morgan fingerprint density at radius 3 is 2.35 bits per heavy atom. The van der Waals surface area contributed by atoms with E-state index in [0.717, 1.165) is 5.56 Å². The van der Waals surface area contributed by atoms with E-state index in [-0.39, 0.29) is 17.2 Å². The average Bonchev–Trinajstić information content (AvgIpc) is 2.61. The molecule has 0 spiro atoms. The second-order valence-electron chi connectivity index (χ2n) is 7.39. The molecular weight excluding hydrogens is 326 g/mol. The normalized spacial score (nSPS) is 11.1. The zero-order valence-electron chi connectivity index (χ0n) is 16.0. The van der Waals surface area contributed by atoms with Crippen molar-refractivity contribution in [1.82, 2.24) is 15.2 Å². The lowest BCUT2D eigenvalue weighted by atomic mass is 9.87. The van der Waals surface area contributed by atoms with E-state index >= 15 is 0 Å². The SMILES string of the molecule is CC(=O)N(CCNC(=O)c1ccc(C(C)(C)C)cc1)Cc1cccnc1. The number of nitrogens with zero attached hydrogens (tertiary/aromatic N) is 2. The van der Waals surface area contributed by atoms with Crippen molar-refractivity contribution in [2.24, 2.45) is 0 Å². The summed E-state index contributed by atoms with van der Waals surface area (Å²) in [6, 6.07) is 11.4. The molecule has 0 unspecified atom stereocenters. The minimum Gasteiger partial charge on any atom is -0.350 e. The number of aromatic nitrogens is 1. The van der Waals surface area contributed by atoms with E-state index < -0.39 is 0 Å². The van der Waals surface area contributed by atoms with Crippen LogP contribution in [0.4, 0.5) is 0 Å². The molecule has 0 saturated carbocycles. The van der Waals surface area contributed by atoms with Crippen LogP contribution in [0.1, 0.15) is 49.2 Å². The number of hydrogen-bond acceptors (Lipinski definition) is 3. The van der Waals surface area contributed by atoms with Crippen molar-refractivity contribution in [1.29, 1.82) is 0 Å². The first-order valence-corrected chi connectivity index (χ1v) is 8.80. The number of carbonyl (C=O) groups excluding carboxylic acids is 2. The van der Waals surface area contributed by atoms with Crippen LogP contribution in [0.15, 0.2) is 48.8 Å². The summed E-state index contributed by atoms with van der Waals surface area (Å²) in [5, 5.41) is 2.88. The van der Waals surface area contributed by atoms with Gasteiger partial charge in [-0.25, -0.2) is 0 Å². The van der Waals surface area contributed by atoms with Crippen molar-refractivity contribution >= 4 is 11.8 Å². The molecule has 5 nitrogen and oxygen atoms in total. The number of nitrogens with one attached hydrogen (secondary N) is 1. The van der Waals surface area contributed by atoms with E-state index in [2.05, 4.69) is 31.1 Å². The van der Waals surface area contributed by atoms with Gasteiger partial charge in [0.1, 0.15) is 0 Å². The van der Waals surface area contributed by atoms with Crippen LogP contribution >= 0.6 is 0 Å². The molecular formula is C21H27N3O2. The fourth-order valence-corrected chi connectivity index (χ4v) is 2.59. The lowest BCUT2D eigenvalue weighted by Gasteiger charge is -2.21. The van der Waals surface area contributed by atoms with E-state index in [0.29, 0.717) is 25.2 Å². The van der Waals surface area contributed by atoms with E-state index in [9.17, 15) is 9.59 Å². The van der Waals surface area contributed by atoms with Gasteiger partial charge in [-0.05, 0) is 34.7 Å². The highest BCUT2D eigenvalue weighted by atomic mass is 16.2. The van der Waals surface area contributed by atoms with Crippen LogP contribution in [0.25, 0.3) is 0 Å². The van der Waals surface area contributed by atoms with Gasteiger partial charge >= 0.3 is 0 Å². The summed E-state index contributed by atoms with van der Waals surface area (Å²) >= 11 is 0. The summed E-state index contributed by atoms with van der Waals surface area (Å²) in [7, 11) is 0. The lowest BCUT2D eigenvalue weighted by molar-refractivity contribution is -0.129. The molecule has 0 aliphatic heterocycles. The maximum absolute atomic E-state index is 12.3. The van der Waals surface area contributed by atoms with Crippen molar-refractivity contribution in [2.75, 3.05) is 13.1 Å². The maximum atomic E-state index is 12.3. The minimum absolute atomic E-state index is 0.0300. The molecule has 1 heterocycles. The molecule has 1 aromatic heterocycles. The highest BCUT2D eigenvalue weighted by Gasteiger charge is 2.15. The van der Waals surface area contributed by atoms with Crippen LogP contribution in [0.5, 0.6) is 0 Å². The van der Waals surface area contributed by atoms with Crippen molar-refractivity contribution in [2.45, 2.75) is 39.7 Å². The second kappa shape index (κ2) is 8.61. The summed E-state index contributed by atoms with van der Waals surface area (Å²) in [6.45, 7) is 9.29. The van der Waals surface area contributed by atoms with Gasteiger partial charge in [0.15, 0.2) is 0 Å². The molecule has 1 N–H and O–H groups in total. The molecule has 1 aromatic carbocycles. The molecule has 2 rings (SSSR count). The van der Waals surface area contributed by atoms with Gasteiger partial charge in [-0.3, -0.25) is 14.6 Å². The Bertz CT molecular complexity index is 734. The first kappa shape index (κ1) is 19.6. The van der Waals surface area contributed by atoms with Crippen molar-refractivity contribution in [3.05, 3.63) is 65.5 Å². The topological polar surface area (TPSA) is 62.3 Å². The lowest BCUT2D eigenvalue weighted by Crippen LogP contribution is -2.37. The molecule has 0 aliphatic rings. The maximum Gasteiger partial charge on any atom is 0.251 e. The molecule has 0 radical (unpaired) electrons. The fraction of sp³-hybridized carbons (Fsp3) is 0.381. The third kappa shape index (κ3) is 5.69. The number of rotatable bonds is 6. The zero-order valence-corrected chi connectivity index (χ0v) is 16.0. The number of benzene rings is 1. The zero-order chi connectivity index (χ0) is 19.2. The minimum atomic E-state index is -0.129. The Hall–Kier alpha value is -2.69. The monoisotopic (exact) mass is 353 g/mol. The molecule has 2 amide bonds. The second-order valence-corrected chi connectivity index (χ2v) is 7.39. The molecule has 138 valence electrons. The van der Waals surface area contributed by atoms with E-state index in [1.54, 1.807) is 17.3 Å². The molecule has 0 saturated heterocycles. The summed E-state index contributed by atoms with van der Waals surface area (Å²) in [5.41, 5.74) is 2.84. The van der Waals surface area contributed by atoms with Crippen LogP contribution in [0.2, 0.25) is 0 Å². The summed E-state index contributed by atoms with van der Waals surface area (Å²) in [6.07, 6.45) is 3.44. The number of amides is 2. The van der Waals surface area contributed by atoms with Crippen molar-refractivity contribution in [3.8, 4) is 0 Å². The van der Waals surface area contributed by atoms with Gasteiger partial charge in [0.25, 0.3) is 5.91 Å². The Morgan fingerprint density at radius 1 is 1.12 bits per heavy atom. The predicted molar refractivity (Wildman–Crippen MR) is 103 cm³/mol. The standard InChI is InChI=1S/C21H27N3O2/c1-16(25)24(15-17-6-5-11-22-14-17)13-12-23-20(26)18-7-9-19(10-8-18)21(2,3)4/h5-11,14H,12-13,15H2,1-4H3,(H,23,26). The van der Waals surface area contributed by atoms with Gasteiger partial charge in [-0.1, -0.05) is 39.0 Å². The van der Waals surface area contributed by atoms with Gasteiger partial charge in [-0.15, -0.1) is 0 Å². The highest BCUT2D eigenvalue weighted by Crippen LogP contribution is 2.22. The summed E-state index contributed by atoms with van der Waals surface area (Å²) in [4.78, 5) is 29.9. The van der Waals surface area contributed by atoms with Crippen LogP contribution in [-0.4, -0.2) is 34.8 Å². The molecule has 26 heavy (non-hydrogen) atoms. The van der Waals surface area contributed by atoms with Gasteiger partial charge in [0, 0.05) is 44.5 Å². The van der Waals surface area contributed by atoms with Gasteiger partial charge in [0.05, 0.1) is 0 Å².